The summed E-state index contributed by atoms with van der Waals surface area (Å²) in [5, 5.41) is 0. The highest BCUT2D eigenvalue weighted by Gasteiger charge is 1.99. The van der Waals surface area contributed by atoms with E-state index in [0.717, 1.165) is 0 Å². The van der Waals surface area contributed by atoms with Crippen molar-refractivity contribution in [2.45, 2.75) is 13.0 Å². The maximum absolute atomic E-state index is 10.5. The average Bonchev–Trinajstić information content (AvgIpc) is 2.25. The molecule has 4 N–H and O–H groups in total. The molecule has 6 heteroatoms. The number of hydrogen-bond donors (Lipinski definition) is 2. The first-order valence-electron chi connectivity index (χ1n) is 4.97. The van der Waals surface area contributed by atoms with Gasteiger partial charge in [-0.2, -0.15) is 0 Å². The molecule has 17 heavy (non-hydrogen) atoms. The minimum atomic E-state index is -0.503. The zero-order chi connectivity index (χ0) is 12.0. The number of amides is 1. The number of benzene rings is 1. The Bertz CT molecular complexity index is 341. The minimum Gasteiger partial charge on any atom is -0.492 e. The molecule has 0 heterocycles. The lowest BCUT2D eigenvalue weighted by Crippen LogP contribution is -2.23. The van der Waals surface area contributed by atoms with Crippen molar-refractivity contribution in [3.63, 3.8) is 0 Å². The van der Waals surface area contributed by atoms with Gasteiger partial charge in [-0.3, -0.25) is 4.79 Å². The smallest absolute Gasteiger partial charge is 0.255 e. The van der Waals surface area contributed by atoms with E-state index in [9.17, 15) is 4.79 Å². The van der Waals surface area contributed by atoms with E-state index in [2.05, 4.69) is 0 Å². The summed E-state index contributed by atoms with van der Waals surface area (Å²) in [4.78, 5) is 10.5. The van der Waals surface area contributed by atoms with E-state index in [1.165, 1.54) is 0 Å². The Morgan fingerprint density at radius 2 is 1.71 bits per heavy atom. The van der Waals surface area contributed by atoms with Crippen LogP contribution < -0.4 is 20.9 Å². The molecule has 0 aliphatic carbocycles. The van der Waals surface area contributed by atoms with Gasteiger partial charge in [-0.1, -0.05) is 0 Å². The van der Waals surface area contributed by atoms with Crippen molar-refractivity contribution in [1.82, 2.24) is 0 Å². The first-order chi connectivity index (χ1) is 7.58. The lowest BCUT2D eigenvalue weighted by Gasteiger charge is -2.09. The van der Waals surface area contributed by atoms with Gasteiger partial charge < -0.3 is 20.9 Å². The van der Waals surface area contributed by atoms with Crippen LogP contribution in [-0.2, 0) is 4.79 Å². The van der Waals surface area contributed by atoms with Crippen molar-refractivity contribution >= 4 is 18.3 Å². The minimum absolute atomic E-state index is 0. The SMILES string of the molecule is C[C@@H](N)COc1ccc(OCC(N)=O)cc1.Cl. The number of halogens is 1. The lowest BCUT2D eigenvalue weighted by molar-refractivity contribution is -0.119. The van der Waals surface area contributed by atoms with Gasteiger partial charge in [0.25, 0.3) is 5.91 Å². The van der Waals surface area contributed by atoms with E-state index in [1.807, 2.05) is 6.92 Å². The first-order valence-corrected chi connectivity index (χ1v) is 4.97. The number of carbonyl (C=O) groups excluding carboxylic acids is 1. The van der Waals surface area contributed by atoms with Crippen molar-refractivity contribution in [1.29, 1.82) is 0 Å². The number of hydrogen-bond acceptors (Lipinski definition) is 4. The van der Waals surface area contributed by atoms with Crippen molar-refractivity contribution in [3.05, 3.63) is 24.3 Å². The zero-order valence-corrected chi connectivity index (χ0v) is 10.4. The summed E-state index contributed by atoms with van der Waals surface area (Å²) < 4.78 is 10.5. The number of rotatable bonds is 6. The van der Waals surface area contributed by atoms with Crippen molar-refractivity contribution < 1.29 is 14.3 Å². The van der Waals surface area contributed by atoms with E-state index in [0.29, 0.717) is 18.1 Å². The maximum Gasteiger partial charge on any atom is 0.255 e. The highest BCUT2D eigenvalue weighted by Crippen LogP contribution is 2.17. The maximum atomic E-state index is 10.5. The van der Waals surface area contributed by atoms with Gasteiger partial charge in [-0.05, 0) is 31.2 Å². The third kappa shape index (κ3) is 6.65. The van der Waals surface area contributed by atoms with Gasteiger partial charge in [0.05, 0.1) is 0 Å². The topological polar surface area (TPSA) is 87.6 Å². The van der Waals surface area contributed by atoms with Gasteiger partial charge in [-0.25, -0.2) is 0 Å². The normalized spacial score (nSPS) is 11.2. The van der Waals surface area contributed by atoms with E-state index in [-0.39, 0.29) is 25.1 Å². The molecular formula is C11H17ClN2O3. The van der Waals surface area contributed by atoms with Crippen molar-refractivity contribution in [3.8, 4) is 11.5 Å². The van der Waals surface area contributed by atoms with Crippen molar-refractivity contribution in [2.24, 2.45) is 11.5 Å². The van der Waals surface area contributed by atoms with E-state index < -0.39 is 5.91 Å². The second-order valence-corrected chi connectivity index (χ2v) is 3.51. The Labute approximate surface area is 106 Å². The molecule has 0 spiro atoms. The van der Waals surface area contributed by atoms with Crippen LogP contribution in [0, 0.1) is 0 Å². The standard InChI is InChI=1S/C11H16N2O3.ClH/c1-8(12)6-15-9-2-4-10(5-3-9)16-7-11(13)14;/h2-5,8H,6-7,12H2,1H3,(H2,13,14);1H/t8-;/m1./s1. The van der Waals surface area contributed by atoms with Gasteiger partial charge in [0, 0.05) is 6.04 Å². The molecule has 0 saturated carbocycles. The van der Waals surface area contributed by atoms with Crippen LogP contribution in [-0.4, -0.2) is 25.2 Å². The first kappa shape index (κ1) is 15.5. The molecule has 96 valence electrons. The Hall–Kier alpha value is -1.46. The fourth-order valence-corrected chi connectivity index (χ4v) is 1.01. The molecule has 0 bridgehead atoms. The van der Waals surface area contributed by atoms with Gasteiger partial charge >= 0.3 is 0 Å². The molecular weight excluding hydrogens is 244 g/mol. The molecule has 0 aliphatic heterocycles. The predicted molar refractivity (Wildman–Crippen MR) is 67.5 cm³/mol. The van der Waals surface area contributed by atoms with Gasteiger partial charge in [0.1, 0.15) is 18.1 Å². The van der Waals surface area contributed by atoms with Crippen LogP contribution in [0.15, 0.2) is 24.3 Å². The van der Waals surface area contributed by atoms with E-state index >= 15 is 0 Å². The molecule has 0 unspecified atom stereocenters. The molecule has 1 amide bonds. The summed E-state index contributed by atoms with van der Waals surface area (Å²) in [6.45, 7) is 2.20. The third-order valence-corrected chi connectivity index (χ3v) is 1.72. The fraction of sp³-hybridized carbons (Fsp3) is 0.364. The molecule has 1 aromatic rings. The monoisotopic (exact) mass is 260 g/mol. The molecule has 1 aromatic carbocycles. The fourth-order valence-electron chi connectivity index (χ4n) is 1.01. The van der Waals surface area contributed by atoms with Gasteiger partial charge in [0.2, 0.25) is 0 Å². The quantitative estimate of drug-likeness (QED) is 0.788. The third-order valence-electron chi connectivity index (χ3n) is 1.72. The Morgan fingerprint density at radius 1 is 1.24 bits per heavy atom. The van der Waals surface area contributed by atoms with E-state index in [1.54, 1.807) is 24.3 Å². The molecule has 5 nitrogen and oxygen atoms in total. The summed E-state index contributed by atoms with van der Waals surface area (Å²) in [6, 6.07) is 6.90. The zero-order valence-electron chi connectivity index (χ0n) is 9.59. The van der Waals surface area contributed by atoms with Crippen LogP contribution in [0.1, 0.15) is 6.92 Å². The molecule has 1 rings (SSSR count). The number of nitrogens with two attached hydrogens (primary N) is 2. The average molecular weight is 261 g/mol. The van der Waals surface area contributed by atoms with Crippen LogP contribution in [0.25, 0.3) is 0 Å². The molecule has 0 aliphatic rings. The Kier molecular flexibility index (Phi) is 7.09. The van der Waals surface area contributed by atoms with Crippen molar-refractivity contribution in [2.75, 3.05) is 13.2 Å². The van der Waals surface area contributed by atoms with Crippen LogP contribution in [0.4, 0.5) is 0 Å². The molecule has 0 fully saturated rings. The number of primary amides is 1. The van der Waals surface area contributed by atoms with Gasteiger partial charge in [0.15, 0.2) is 6.61 Å². The molecule has 0 aromatic heterocycles. The second kappa shape index (κ2) is 7.76. The second-order valence-electron chi connectivity index (χ2n) is 3.51. The summed E-state index contributed by atoms with van der Waals surface area (Å²) in [7, 11) is 0. The predicted octanol–water partition coefficient (Wildman–Crippen LogP) is 0.699. The Balaban J connectivity index is 0.00000256. The molecule has 1 atom stereocenters. The largest absolute Gasteiger partial charge is 0.492 e. The highest BCUT2D eigenvalue weighted by molar-refractivity contribution is 5.85. The van der Waals surface area contributed by atoms with Crippen LogP contribution in [0.2, 0.25) is 0 Å². The molecule has 0 saturated heterocycles. The van der Waals surface area contributed by atoms with Crippen LogP contribution in [0.3, 0.4) is 0 Å². The summed E-state index contributed by atoms with van der Waals surface area (Å²) >= 11 is 0. The number of carbonyl (C=O) groups is 1. The highest BCUT2D eigenvalue weighted by atomic mass is 35.5. The number of ether oxygens (including phenoxy) is 2. The van der Waals surface area contributed by atoms with Crippen LogP contribution in [0.5, 0.6) is 11.5 Å². The molecule has 0 radical (unpaired) electrons. The summed E-state index contributed by atoms with van der Waals surface area (Å²) in [5.41, 5.74) is 10.5. The van der Waals surface area contributed by atoms with Crippen LogP contribution >= 0.6 is 12.4 Å². The Morgan fingerprint density at radius 3 is 2.12 bits per heavy atom. The summed E-state index contributed by atoms with van der Waals surface area (Å²) in [5.74, 6) is 0.785. The summed E-state index contributed by atoms with van der Waals surface area (Å²) in [6.07, 6.45) is 0. The van der Waals surface area contributed by atoms with E-state index in [4.69, 9.17) is 20.9 Å². The lowest BCUT2D eigenvalue weighted by atomic mass is 10.3. The van der Waals surface area contributed by atoms with Gasteiger partial charge in [-0.15, -0.1) is 12.4 Å².